The van der Waals surface area contributed by atoms with Gasteiger partial charge >= 0.3 is 0 Å². The molecule has 0 spiro atoms. The van der Waals surface area contributed by atoms with Gasteiger partial charge in [-0.2, -0.15) is 10.1 Å². The number of aryl methyl sites for hydroxylation is 1. The van der Waals surface area contributed by atoms with Crippen LogP contribution in [0.15, 0.2) is 59.3 Å². The van der Waals surface area contributed by atoms with Gasteiger partial charge in [0.15, 0.2) is 17.3 Å². The lowest BCUT2D eigenvalue weighted by molar-refractivity contribution is 0.101. The molecule has 4 aromatic rings. The Labute approximate surface area is 179 Å². The van der Waals surface area contributed by atoms with Gasteiger partial charge in [-0.05, 0) is 30.7 Å². The molecule has 2 heterocycles. The normalized spacial score (nSPS) is 11.0. The minimum atomic E-state index is -0.398. The molecule has 0 saturated carbocycles. The molecule has 0 radical (unpaired) electrons. The quantitative estimate of drug-likeness (QED) is 0.492. The first-order chi connectivity index (χ1) is 15.0. The smallest absolute Gasteiger partial charge is 0.280 e. The summed E-state index contributed by atoms with van der Waals surface area (Å²) in [4.78, 5) is 17.6. The van der Waals surface area contributed by atoms with E-state index in [1.165, 1.54) is 7.11 Å². The summed E-state index contributed by atoms with van der Waals surface area (Å²) in [6.45, 7) is 5.88. The standard InChI is InChI=1S/C23H23N5O3/c1-14(2)21-25-23(31-27-21)17-12-8-9-15(3)19(17)24-22(29)20-18(30-4)13-28(26-20)16-10-6-5-7-11-16/h5-14H,1-4H3,(H,24,29). The summed E-state index contributed by atoms with van der Waals surface area (Å²) in [5.41, 5.74) is 3.09. The molecule has 8 nitrogen and oxygen atoms in total. The number of nitrogens with zero attached hydrogens (tertiary/aromatic N) is 4. The van der Waals surface area contributed by atoms with E-state index in [0.29, 0.717) is 28.7 Å². The van der Waals surface area contributed by atoms with Crippen LogP contribution in [0, 0.1) is 6.92 Å². The molecule has 0 aliphatic rings. The molecule has 0 bridgehead atoms. The van der Waals surface area contributed by atoms with Crippen LogP contribution in [0.25, 0.3) is 17.1 Å². The number of rotatable bonds is 6. The monoisotopic (exact) mass is 417 g/mol. The zero-order valence-electron chi connectivity index (χ0n) is 17.8. The van der Waals surface area contributed by atoms with E-state index in [-0.39, 0.29) is 11.6 Å². The summed E-state index contributed by atoms with van der Waals surface area (Å²) in [6.07, 6.45) is 1.68. The molecule has 4 rings (SSSR count). The second-order valence-corrected chi connectivity index (χ2v) is 7.39. The Kier molecular flexibility index (Phi) is 5.53. The maximum atomic E-state index is 13.2. The topological polar surface area (TPSA) is 95.1 Å². The molecule has 2 aromatic carbocycles. The van der Waals surface area contributed by atoms with Gasteiger partial charge in [0.2, 0.25) is 0 Å². The molecule has 1 amide bonds. The van der Waals surface area contributed by atoms with Crippen molar-refractivity contribution in [3.8, 4) is 22.9 Å². The van der Waals surface area contributed by atoms with E-state index >= 15 is 0 Å². The van der Waals surface area contributed by atoms with E-state index in [0.717, 1.165) is 11.3 Å². The highest BCUT2D eigenvalue weighted by molar-refractivity contribution is 6.07. The second-order valence-electron chi connectivity index (χ2n) is 7.39. The second kappa shape index (κ2) is 8.43. The van der Waals surface area contributed by atoms with Crippen LogP contribution in [0.2, 0.25) is 0 Å². The van der Waals surface area contributed by atoms with Gasteiger partial charge in [-0.15, -0.1) is 0 Å². The van der Waals surface area contributed by atoms with Gasteiger partial charge in [0.1, 0.15) is 0 Å². The van der Waals surface area contributed by atoms with Crippen LogP contribution in [0.3, 0.4) is 0 Å². The van der Waals surface area contributed by atoms with Crippen molar-refractivity contribution in [3.63, 3.8) is 0 Å². The first-order valence-electron chi connectivity index (χ1n) is 9.92. The third-order valence-corrected chi connectivity index (χ3v) is 4.84. The number of carbonyl (C=O) groups excluding carboxylic acids is 1. The van der Waals surface area contributed by atoms with Crippen molar-refractivity contribution in [2.24, 2.45) is 0 Å². The van der Waals surface area contributed by atoms with Crippen LogP contribution < -0.4 is 10.1 Å². The van der Waals surface area contributed by atoms with Gasteiger partial charge in [0, 0.05) is 5.92 Å². The summed E-state index contributed by atoms with van der Waals surface area (Å²) < 4.78 is 12.5. The predicted octanol–water partition coefficient (Wildman–Crippen LogP) is 4.62. The summed E-state index contributed by atoms with van der Waals surface area (Å²) in [7, 11) is 1.51. The predicted molar refractivity (Wildman–Crippen MR) is 117 cm³/mol. The Balaban J connectivity index is 1.69. The van der Waals surface area contributed by atoms with Crippen LogP contribution >= 0.6 is 0 Å². The number of benzene rings is 2. The van der Waals surface area contributed by atoms with Crippen LogP contribution in [-0.4, -0.2) is 32.9 Å². The van der Waals surface area contributed by atoms with Crippen LogP contribution in [0.1, 0.15) is 41.6 Å². The number of carbonyl (C=O) groups is 1. The maximum absolute atomic E-state index is 13.2. The first-order valence-corrected chi connectivity index (χ1v) is 9.92. The lowest BCUT2D eigenvalue weighted by Gasteiger charge is -2.11. The number of ether oxygens (including phenoxy) is 1. The molecule has 0 atom stereocenters. The van der Waals surface area contributed by atoms with E-state index < -0.39 is 5.91 Å². The van der Waals surface area contributed by atoms with E-state index in [2.05, 4.69) is 20.6 Å². The zero-order chi connectivity index (χ0) is 22.0. The molecule has 158 valence electrons. The number of para-hydroxylation sites is 2. The number of hydrogen-bond acceptors (Lipinski definition) is 6. The van der Waals surface area contributed by atoms with Gasteiger partial charge in [-0.3, -0.25) is 4.79 Å². The number of amides is 1. The zero-order valence-corrected chi connectivity index (χ0v) is 17.8. The first kappa shape index (κ1) is 20.3. The number of hydrogen-bond donors (Lipinski definition) is 1. The van der Waals surface area contributed by atoms with Crippen molar-refractivity contribution in [2.75, 3.05) is 12.4 Å². The van der Waals surface area contributed by atoms with E-state index in [9.17, 15) is 4.79 Å². The average molecular weight is 417 g/mol. The number of nitrogens with one attached hydrogen (secondary N) is 1. The molecule has 31 heavy (non-hydrogen) atoms. The highest BCUT2D eigenvalue weighted by Crippen LogP contribution is 2.31. The minimum absolute atomic E-state index is 0.131. The van der Waals surface area contributed by atoms with Crippen LogP contribution in [-0.2, 0) is 0 Å². The molecule has 0 aliphatic heterocycles. The number of methoxy groups -OCH3 is 1. The SMILES string of the molecule is COc1cn(-c2ccccc2)nc1C(=O)Nc1c(C)cccc1-c1nc(C(C)C)no1. The molecule has 0 fully saturated rings. The molecule has 0 unspecified atom stereocenters. The van der Waals surface area contributed by atoms with E-state index in [1.807, 2.05) is 69.3 Å². The van der Waals surface area contributed by atoms with Gasteiger partial charge < -0.3 is 14.6 Å². The minimum Gasteiger partial charge on any atom is -0.493 e. The van der Waals surface area contributed by atoms with Gasteiger partial charge in [-0.1, -0.05) is 49.3 Å². The summed E-state index contributed by atoms with van der Waals surface area (Å²) in [6, 6.07) is 15.1. The highest BCUT2D eigenvalue weighted by atomic mass is 16.5. The Morgan fingerprint density at radius 2 is 1.90 bits per heavy atom. The molecule has 0 aliphatic carbocycles. The molecular weight excluding hydrogens is 394 g/mol. The van der Waals surface area contributed by atoms with Crippen molar-refractivity contribution >= 4 is 11.6 Å². The van der Waals surface area contributed by atoms with Crippen molar-refractivity contribution in [1.82, 2.24) is 19.9 Å². The summed E-state index contributed by atoms with van der Waals surface area (Å²) in [5.74, 6) is 1.06. The van der Waals surface area contributed by atoms with Crippen molar-refractivity contribution in [3.05, 3.63) is 71.8 Å². The van der Waals surface area contributed by atoms with E-state index in [1.54, 1.807) is 10.9 Å². The lowest BCUT2D eigenvalue weighted by Crippen LogP contribution is -2.15. The third-order valence-electron chi connectivity index (χ3n) is 4.84. The molecule has 0 saturated heterocycles. The summed E-state index contributed by atoms with van der Waals surface area (Å²) in [5, 5.41) is 11.4. The molecular formula is C23H23N5O3. The van der Waals surface area contributed by atoms with Crippen molar-refractivity contribution in [1.29, 1.82) is 0 Å². The Hall–Kier alpha value is -3.94. The lowest BCUT2D eigenvalue weighted by atomic mass is 10.1. The van der Waals surface area contributed by atoms with Gasteiger partial charge in [0.25, 0.3) is 11.8 Å². The average Bonchev–Trinajstić information content (AvgIpc) is 3.43. The highest BCUT2D eigenvalue weighted by Gasteiger charge is 2.22. The Bertz CT molecular complexity index is 1210. The van der Waals surface area contributed by atoms with Crippen LogP contribution in [0.4, 0.5) is 5.69 Å². The maximum Gasteiger partial charge on any atom is 0.280 e. The summed E-state index contributed by atoms with van der Waals surface area (Å²) >= 11 is 0. The molecule has 8 heteroatoms. The molecule has 2 aromatic heterocycles. The Morgan fingerprint density at radius 3 is 2.58 bits per heavy atom. The van der Waals surface area contributed by atoms with Crippen molar-refractivity contribution in [2.45, 2.75) is 26.7 Å². The fourth-order valence-corrected chi connectivity index (χ4v) is 3.14. The fraction of sp³-hybridized carbons (Fsp3) is 0.217. The largest absolute Gasteiger partial charge is 0.493 e. The fourth-order valence-electron chi connectivity index (χ4n) is 3.14. The third kappa shape index (κ3) is 4.05. The van der Waals surface area contributed by atoms with Gasteiger partial charge in [-0.25, -0.2) is 4.68 Å². The number of anilines is 1. The Morgan fingerprint density at radius 1 is 1.13 bits per heavy atom. The van der Waals surface area contributed by atoms with Crippen molar-refractivity contribution < 1.29 is 14.1 Å². The van der Waals surface area contributed by atoms with Gasteiger partial charge in [0.05, 0.1) is 30.2 Å². The number of aromatic nitrogens is 4. The van der Waals surface area contributed by atoms with Crippen LogP contribution in [0.5, 0.6) is 5.75 Å². The molecule has 1 N–H and O–H groups in total. The van der Waals surface area contributed by atoms with E-state index in [4.69, 9.17) is 9.26 Å².